The van der Waals surface area contributed by atoms with Gasteiger partial charge in [0.15, 0.2) is 0 Å². The van der Waals surface area contributed by atoms with Gasteiger partial charge in [-0.25, -0.2) is 8.42 Å². The highest BCUT2D eigenvalue weighted by molar-refractivity contribution is 9.10. The fraction of sp³-hybridized carbons (Fsp3) is 0.500. The number of benzene rings is 1. The van der Waals surface area contributed by atoms with Crippen molar-refractivity contribution in [1.82, 2.24) is 5.32 Å². The van der Waals surface area contributed by atoms with Crippen LogP contribution in [0.5, 0.6) is 0 Å². The van der Waals surface area contributed by atoms with Crippen LogP contribution in [0.25, 0.3) is 0 Å². The third kappa shape index (κ3) is 4.96. The molecule has 0 spiro atoms. The SMILES string of the molecule is CCCNCCS(=O)(=O)Nc1cccc(Br)c1C. The molecular formula is C12H19BrN2O2S. The van der Waals surface area contributed by atoms with Crippen molar-refractivity contribution in [3.8, 4) is 0 Å². The van der Waals surface area contributed by atoms with Crippen LogP contribution in [-0.2, 0) is 10.0 Å². The quantitative estimate of drug-likeness (QED) is 0.753. The zero-order valence-corrected chi connectivity index (χ0v) is 13.1. The highest BCUT2D eigenvalue weighted by Crippen LogP contribution is 2.24. The van der Waals surface area contributed by atoms with Crippen LogP contribution in [-0.4, -0.2) is 27.3 Å². The lowest BCUT2D eigenvalue weighted by Crippen LogP contribution is -2.27. The van der Waals surface area contributed by atoms with Crippen molar-refractivity contribution in [2.45, 2.75) is 20.3 Å². The van der Waals surface area contributed by atoms with Crippen molar-refractivity contribution < 1.29 is 8.42 Å². The molecule has 0 saturated carbocycles. The van der Waals surface area contributed by atoms with Crippen molar-refractivity contribution >= 4 is 31.6 Å². The lowest BCUT2D eigenvalue weighted by molar-refractivity contribution is 0.595. The number of nitrogens with one attached hydrogen (secondary N) is 2. The second-order valence-electron chi connectivity index (χ2n) is 4.08. The zero-order valence-electron chi connectivity index (χ0n) is 10.7. The Morgan fingerprint density at radius 2 is 2.00 bits per heavy atom. The van der Waals surface area contributed by atoms with Crippen LogP contribution < -0.4 is 10.0 Å². The van der Waals surface area contributed by atoms with E-state index in [9.17, 15) is 8.42 Å². The summed E-state index contributed by atoms with van der Waals surface area (Å²) >= 11 is 3.38. The summed E-state index contributed by atoms with van der Waals surface area (Å²) in [6, 6.07) is 5.46. The summed E-state index contributed by atoms with van der Waals surface area (Å²) in [6.45, 7) is 5.23. The normalized spacial score (nSPS) is 11.5. The van der Waals surface area contributed by atoms with E-state index in [0.717, 1.165) is 23.0 Å². The molecule has 6 heteroatoms. The minimum atomic E-state index is -3.29. The fourth-order valence-corrected chi connectivity index (χ4v) is 2.88. The van der Waals surface area contributed by atoms with Crippen molar-refractivity contribution in [2.75, 3.05) is 23.6 Å². The van der Waals surface area contributed by atoms with Crippen molar-refractivity contribution in [3.05, 3.63) is 28.2 Å². The Morgan fingerprint density at radius 3 is 2.67 bits per heavy atom. The van der Waals surface area contributed by atoms with E-state index >= 15 is 0 Å². The van der Waals surface area contributed by atoms with Crippen LogP contribution in [0.1, 0.15) is 18.9 Å². The van der Waals surface area contributed by atoms with Gasteiger partial charge >= 0.3 is 0 Å². The van der Waals surface area contributed by atoms with Crippen LogP contribution in [0.4, 0.5) is 5.69 Å². The molecule has 0 aliphatic carbocycles. The molecule has 0 saturated heterocycles. The van der Waals surface area contributed by atoms with Crippen LogP contribution >= 0.6 is 15.9 Å². The predicted molar refractivity (Wildman–Crippen MR) is 79.4 cm³/mol. The number of rotatable bonds is 7. The smallest absolute Gasteiger partial charge is 0.233 e. The molecule has 0 heterocycles. The van der Waals surface area contributed by atoms with E-state index in [4.69, 9.17) is 0 Å². The number of anilines is 1. The Kier molecular flexibility index (Phi) is 6.11. The molecule has 1 rings (SSSR count). The summed E-state index contributed by atoms with van der Waals surface area (Å²) in [6.07, 6.45) is 0.998. The summed E-state index contributed by atoms with van der Waals surface area (Å²) in [7, 11) is -3.29. The van der Waals surface area contributed by atoms with Gasteiger partial charge in [0.2, 0.25) is 10.0 Å². The molecule has 0 unspecified atom stereocenters. The van der Waals surface area contributed by atoms with Crippen molar-refractivity contribution in [1.29, 1.82) is 0 Å². The molecule has 102 valence electrons. The van der Waals surface area contributed by atoms with Gasteiger partial charge in [-0.05, 0) is 37.6 Å². The fourth-order valence-electron chi connectivity index (χ4n) is 1.44. The van der Waals surface area contributed by atoms with Gasteiger partial charge < -0.3 is 5.32 Å². The van der Waals surface area contributed by atoms with E-state index < -0.39 is 10.0 Å². The zero-order chi connectivity index (χ0) is 13.6. The van der Waals surface area contributed by atoms with Gasteiger partial charge in [0.1, 0.15) is 0 Å². The van der Waals surface area contributed by atoms with Crippen molar-refractivity contribution in [2.24, 2.45) is 0 Å². The molecule has 18 heavy (non-hydrogen) atoms. The Balaban J connectivity index is 2.62. The van der Waals surface area contributed by atoms with E-state index in [1.807, 2.05) is 26.0 Å². The summed E-state index contributed by atoms with van der Waals surface area (Å²) in [4.78, 5) is 0. The third-order valence-corrected chi connectivity index (χ3v) is 4.64. The van der Waals surface area contributed by atoms with Gasteiger partial charge in [0, 0.05) is 11.0 Å². The molecule has 2 N–H and O–H groups in total. The van der Waals surface area contributed by atoms with Crippen molar-refractivity contribution in [3.63, 3.8) is 0 Å². The largest absolute Gasteiger partial charge is 0.316 e. The first-order chi connectivity index (χ1) is 8.46. The summed E-state index contributed by atoms with van der Waals surface area (Å²) in [5.74, 6) is 0.0823. The maximum Gasteiger partial charge on any atom is 0.233 e. The van der Waals surface area contributed by atoms with Gasteiger partial charge in [-0.1, -0.05) is 28.9 Å². The highest BCUT2D eigenvalue weighted by atomic mass is 79.9. The Hall–Kier alpha value is -0.590. The minimum absolute atomic E-state index is 0.0823. The lowest BCUT2D eigenvalue weighted by atomic mass is 10.2. The third-order valence-electron chi connectivity index (χ3n) is 2.51. The summed E-state index contributed by atoms with van der Waals surface area (Å²) < 4.78 is 27.2. The van der Waals surface area contributed by atoms with Gasteiger partial charge in [-0.2, -0.15) is 0 Å². The number of hydrogen-bond donors (Lipinski definition) is 2. The maximum absolute atomic E-state index is 11.9. The average molecular weight is 335 g/mol. The molecule has 0 atom stereocenters. The number of halogens is 1. The van der Waals surface area contributed by atoms with Crippen LogP contribution in [0.3, 0.4) is 0 Å². The lowest BCUT2D eigenvalue weighted by Gasteiger charge is -2.11. The minimum Gasteiger partial charge on any atom is -0.316 e. The Labute approximate surface area is 117 Å². The van der Waals surface area contributed by atoms with Gasteiger partial charge in [-0.3, -0.25) is 4.72 Å². The molecule has 0 aliphatic rings. The molecule has 1 aromatic rings. The highest BCUT2D eigenvalue weighted by Gasteiger charge is 2.12. The summed E-state index contributed by atoms with van der Waals surface area (Å²) in [5, 5.41) is 3.07. The van der Waals surface area contributed by atoms with Gasteiger partial charge in [-0.15, -0.1) is 0 Å². The maximum atomic E-state index is 11.9. The van der Waals surface area contributed by atoms with Crippen LogP contribution in [0.15, 0.2) is 22.7 Å². The monoisotopic (exact) mass is 334 g/mol. The van der Waals surface area contributed by atoms with E-state index in [0.29, 0.717) is 12.2 Å². The van der Waals surface area contributed by atoms with E-state index in [1.165, 1.54) is 0 Å². The second-order valence-corrected chi connectivity index (χ2v) is 6.78. The molecule has 0 amide bonds. The molecule has 1 aromatic carbocycles. The Bertz CT molecular complexity index is 489. The first kappa shape index (κ1) is 15.5. The van der Waals surface area contributed by atoms with E-state index in [2.05, 4.69) is 26.0 Å². The number of sulfonamides is 1. The van der Waals surface area contributed by atoms with E-state index in [1.54, 1.807) is 6.07 Å². The standard InChI is InChI=1S/C12H19BrN2O2S/c1-3-7-14-8-9-18(16,17)15-12-6-4-5-11(13)10(12)2/h4-6,14-15H,3,7-9H2,1-2H3. The molecule has 0 radical (unpaired) electrons. The predicted octanol–water partition coefficient (Wildman–Crippen LogP) is 2.50. The average Bonchev–Trinajstić information content (AvgIpc) is 2.31. The van der Waals surface area contributed by atoms with Gasteiger partial charge in [0.25, 0.3) is 0 Å². The molecule has 0 aromatic heterocycles. The first-order valence-electron chi connectivity index (χ1n) is 5.92. The summed E-state index contributed by atoms with van der Waals surface area (Å²) in [5.41, 5.74) is 1.52. The molecular weight excluding hydrogens is 316 g/mol. The molecule has 0 fully saturated rings. The van der Waals surface area contributed by atoms with Gasteiger partial charge in [0.05, 0.1) is 11.4 Å². The van der Waals surface area contributed by atoms with E-state index in [-0.39, 0.29) is 5.75 Å². The molecule has 4 nitrogen and oxygen atoms in total. The first-order valence-corrected chi connectivity index (χ1v) is 8.37. The topological polar surface area (TPSA) is 58.2 Å². The second kappa shape index (κ2) is 7.11. The Morgan fingerprint density at radius 1 is 1.28 bits per heavy atom. The van der Waals surface area contributed by atoms with Crippen LogP contribution in [0, 0.1) is 6.92 Å². The molecule has 0 bridgehead atoms. The number of hydrogen-bond acceptors (Lipinski definition) is 3. The van der Waals surface area contributed by atoms with Crippen LogP contribution in [0.2, 0.25) is 0 Å². The molecule has 0 aliphatic heterocycles.